The highest BCUT2D eigenvalue weighted by molar-refractivity contribution is 7.15. The number of hydrogen-bond acceptors (Lipinski definition) is 5. The molecule has 1 atom stereocenters. The Bertz CT molecular complexity index is 656. The van der Waals surface area contributed by atoms with Crippen molar-refractivity contribution in [3.05, 3.63) is 39.9 Å². The summed E-state index contributed by atoms with van der Waals surface area (Å²) in [6, 6.07) is 5.98. The first-order chi connectivity index (χ1) is 10.5. The van der Waals surface area contributed by atoms with Crippen molar-refractivity contribution in [2.45, 2.75) is 12.5 Å². The van der Waals surface area contributed by atoms with Gasteiger partial charge in [0.2, 0.25) is 5.13 Å². The zero-order chi connectivity index (χ0) is 16.1. The molecule has 0 fully saturated rings. The number of hydrogen-bond donors (Lipinski definition) is 3. The number of halogens is 3. The lowest BCUT2D eigenvalue weighted by atomic mass is 10.1. The molecule has 1 heterocycles. The third-order valence-corrected chi connectivity index (χ3v) is 3.76. The minimum Gasteiger partial charge on any atom is -0.387 e. The van der Waals surface area contributed by atoms with Crippen LogP contribution in [-0.2, 0) is 0 Å². The first kappa shape index (κ1) is 16.5. The number of carbonyl (C=O) groups excluding carboxylic acids is 1. The van der Waals surface area contributed by atoms with Crippen molar-refractivity contribution in [1.82, 2.24) is 15.5 Å². The van der Waals surface area contributed by atoms with Crippen molar-refractivity contribution in [2.24, 2.45) is 0 Å². The van der Waals surface area contributed by atoms with Crippen molar-refractivity contribution in [3.63, 3.8) is 0 Å². The van der Waals surface area contributed by atoms with E-state index < -0.39 is 23.6 Å². The van der Waals surface area contributed by atoms with Gasteiger partial charge in [-0.1, -0.05) is 41.1 Å². The average Bonchev–Trinajstić information content (AvgIpc) is 2.94. The minimum absolute atomic E-state index is 0.0555. The lowest BCUT2D eigenvalue weighted by Crippen LogP contribution is -2.32. The van der Waals surface area contributed by atoms with Crippen LogP contribution in [0.5, 0.6) is 0 Å². The van der Waals surface area contributed by atoms with Crippen LogP contribution < -0.4 is 10.6 Å². The Morgan fingerprint density at radius 3 is 2.73 bits per heavy atom. The van der Waals surface area contributed by atoms with Crippen molar-refractivity contribution < 1.29 is 18.7 Å². The zero-order valence-electron chi connectivity index (χ0n) is 11.0. The molecule has 1 unspecified atom stereocenters. The van der Waals surface area contributed by atoms with E-state index in [4.69, 9.17) is 11.6 Å². The molecule has 0 radical (unpaired) electrons. The Hall–Kier alpha value is -1.84. The monoisotopic (exact) mass is 348 g/mol. The van der Waals surface area contributed by atoms with Crippen LogP contribution in [0.4, 0.5) is 18.7 Å². The maximum atomic E-state index is 12.3. The lowest BCUT2D eigenvalue weighted by molar-refractivity contribution is 0.150. The second-order valence-corrected chi connectivity index (χ2v) is 5.53. The number of anilines is 1. The fourth-order valence-corrected chi connectivity index (χ4v) is 2.42. The van der Waals surface area contributed by atoms with Gasteiger partial charge in [0.15, 0.2) is 5.01 Å². The lowest BCUT2D eigenvalue weighted by Gasteiger charge is -2.13. The van der Waals surface area contributed by atoms with E-state index in [1.165, 1.54) is 0 Å². The number of nitrogens with zero attached hydrogens (tertiary/aromatic N) is 2. The Kier molecular flexibility index (Phi) is 5.58. The van der Waals surface area contributed by atoms with E-state index in [2.05, 4.69) is 20.8 Å². The molecule has 1 aromatic carbocycles. The third-order valence-electron chi connectivity index (χ3n) is 2.57. The highest BCUT2D eigenvalue weighted by atomic mass is 35.5. The molecule has 2 rings (SSSR count). The number of carbonyl (C=O) groups is 1. The number of urea groups is 1. The van der Waals surface area contributed by atoms with Crippen molar-refractivity contribution in [2.75, 3.05) is 11.9 Å². The van der Waals surface area contributed by atoms with Crippen molar-refractivity contribution in [3.8, 4) is 0 Å². The number of aliphatic hydroxyl groups excluding tert-OH is 1. The molecular formula is C12H11ClF2N4O2S. The van der Waals surface area contributed by atoms with Crippen LogP contribution in [0.1, 0.15) is 23.1 Å². The topological polar surface area (TPSA) is 87.1 Å². The summed E-state index contributed by atoms with van der Waals surface area (Å²) in [5.41, 5.74) is 0.473. The molecule has 10 heteroatoms. The van der Waals surface area contributed by atoms with Gasteiger partial charge in [0.25, 0.3) is 6.43 Å². The zero-order valence-corrected chi connectivity index (χ0v) is 12.5. The number of aromatic nitrogens is 2. The molecule has 0 bridgehead atoms. The summed E-state index contributed by atoms with van der Waals surface area (Å²) in [5, 5.41) is 21.1. The van der Waals surface area contributed by atoms with E-state index in [0.29, 0.717) is 21.9 Å². The standard InChI is InChI=1S/C12H11ClF2N4O2S/c13-7-4-2-1-3-6(7)8(20)5-16-11(21)17-12-19-18-10(22-12)9(14)15/h1-4,8-9,20H,5H2,(H2,16,17,19,21). The Morgan fingerprint density at radius 1 is 1.36 bits per heavy atom. The molecular weight excluding hydrogens is 338 g/mol. The average molecular weight is 349 g/mol. The predicted octanol–water partition coefficient (Wildman–Crippen LogP) is 2.98. The van der Waals surface area contributed by atoms with E-state index in [0.717, 1.165) is 0 Å². The third kappa shape index (κ3) is 4.33. The summed E-state index contributed by atoms with van der Waals surface area (Å²) < 4.78 is 24.7. The van der Waals surface area contributed by atoms with Gasteiger partial charge in [0.1, 0.15) is 0 Å². The predicted molar refractivity (Wildman–Crippen MR) is 78.3 cm³/mol. The Labute approximate surface area is 133 Å². The summed E-state index contributed by atoms with van der Waals surface area (Å²) in [5.74, 6) is 0. The van der Waals surface area contributed by atoms with Crippen LogP contribution in [0.2, 0.25) is 5.02 Å². The largest absolute Gasteiger partial charge is 0.387 e. The summed E-state index contributed by atoms with van der Waals surface area (Å²) >= 11 is 6.50. The highest BCUT2D eigenvalue weighted by Crippen LogP contribution is 2.25. The molecule has 0 spiro atoms. The molecule has 0 aliphatic rings. The van der Waals surface area contributed by atoms with Crippen molar-refractivity contribution in [1.29, 1.82) is 0 Å². The number of benzene rings is 1. The number of nitrogens with one attached hydrogen (secondary N) is 2. The fourth-order valence-electron chi connectivity index (χ4n) is 1.56. The van der Waals surface area contributed by atoms with Crippen LogP contribution in [-0.4, -0.2) is 27.9 Å². The Balaban J connectivity index is 1.86. The van der Waals surface area contributed by atoms with Gasteiger partial charge >= 0.3 is 6.03 Å². The van der Waals surface area contributed by atoms with Crippen LogP contribution in [0, 0.1) is 0 Å². The molecule has 22 heavy (non-hydrogen) atoms. The summed E-state index contributed by atoms with van der Waals surface area (Å²) in [4.78, 5) is 11.6. The Morgan fingerprint density at radius 2 is 2.09 bits per heavy atom. The van der Waals surface area contributed by atoms with Crippen LogP contribution in [0.3, 0.4) is 0 Å². The minimum atomic E-state index is -2.74. The second kappa shape index (κ2) is 7.43. The summed E-state index contributed by atoms with van der Waals surface area (Å²) in [6.45, 7) is -0.101. The molecule has 118 valence electrons. The molecule has 3 N–H and O–H groups in total. The van der Waals surface area contributed by atoms with E-state index >= 15 is 0 Å². The van der Waals surface area contributed by atoms with Gasteiger partial charge in [0, 0.05) is 17.1 Å². The van der Waals surface area contributed by atoms with Crippen molar-refractivity contribution >= 4 is 34.1 Å². The van der Waals surface area contributed by atoms with Gasteiger partial charge in [-0.05, 0) is 6.07 Å². The van der Waals surface area contributed by atoms with E-state index in [1.807, 2.05) is 0 Å². The van der Waals surface area contributed by atoms with Crippen LogP contribution in [0.15, 0.2) is 24.3 Å². The van der Waals surface area contributed by atoms with Crippen LogP contribution >= 0.6 is 22.9 Å². The summed E-state index contributed by atoms with van der Waals surface area (Å²) in [6.07, 6.45) is -3.73. The van der Waals surface area contributed by atoms with E-state index in [9.17, 15) is 18.7 Å². The molecule has 0 saturated carbocycles. The maximum absolute atomic E-state index is 12.3. The fraction of sp³-hybridized carbons (Fsp3) is 0.250. The molecule has 2 aromatic rings. The first-order valence-electron chi connectivity index (χ1n) is 6.06. The quantitative estimate of drug-likeness (QED) is 0.775. The van der Waals surface area contributed by atoms with Gasteiger partial charge in [-0.15, -0.1) is 10.2 Å². The van der Waals surface area contributed by atoms with Gasteiger partial charge in [-0.2, -0.15) is 0 Å². The molecule has 0 aliphatic heterocycles. The maximum Gasteiger partial charge on any atom is 0.321 e. The number of aliphatic hydroxyl groups is 1. The normalized spacial score (nSPS) is 12.2. The van der Waals surface area contributed by atoms with E-state index in [-0.39, 0.29) is 11.7 Å². The second-order valence-electron chi connectivity index (χ2n) is 4.12. The van der Waals surface area contributed by atoms with Gasteiger partial charge in [0.05, 0.1) is 6.10 Å². The van der Waals surface area contributed by atoms with Crippen LogP contribution in [0.25, 0.3) is 0 Å². The number of rotatable bonds is 5. The molecule has 0 aliphatic carbocycles. The van der Waals surface area contributed by atoms with Gasteiger partial charge in [-0.3, -0.25) is 5.32 Å². The van der Waals surface area contributed by atoms with Gasteiger partial charge < -0.3 is 10.4 Å². The smallest absolute Gasteiger partial charge is 0.321 e. The molecule has 0 saturated heterocycles. The number of amides is 2. The summed E-state index contributed by atoms with van der Waals surface area (Å²) in [7, 11) is 0. The first-order valence-corrected chi connectivity index (χ1v) is 7.25. The SMILES string of the molecule is O=C(NCC(O)c1ccccc1Cl)Nc1nnc(C(F)F)s1. The highest BCUT2D eigenvalue weighted by Gasteiger charge is 2.16. The molecule has 6 nitrogen and oxygen atoms in total. The molecule has 1 aromatic heterocycles. The number of alkyl halides is 2. The van der Waals surface area contributed by atoms with Gasteiger partial charge in [-0.25, -0.2) is 13.6 Å². The van der Waals surface area contributed by atoms with E-state index in [1.54, 1.807) is 24.3 Å². The molecule has 2 amide bonds.